The molecule has 1 N–H and O–H groups in total. The first-order valence-electron chi connectivity index (χ1n) is 10.7. The van der Waals surface area contributed by atoms with Gasteiger partial charge in [-0.05, 0) is 59.7 Å². The number of carbonyl (C=O) groups is 1. The minimum atomic E-state index is -0.263. The van der Waals surface area contributed by atoms with Gasteiger partial charge in [0.05, 0.1) is 14.2 Å². The van der Waals surface area contributed by atoms with Crippen LogP contribution < -0.4 is 14.8 Å². The maximum atomic E-state index is 12.7. The third kappa shape index (κ3) is 4.21. The van der Waals surface area contributed by atoms with Crippen molar-refractivity contribution in [1.29, 1.82) is 0 Å². The highest BCUT2D eigenvalue weighted by atomic mass is 16.5. The van der Waals surface area contributed by atoms with Crippen LogP contribution in [0.25, 0.3) is 33.7 Å². The molecule has 0 spiro atoms. The molecule has 0 aliphatic rings. The van der Waals surface area contributed by atoms with Crippen LogP contribution in [0.4, 0.5) is 5.69 Å². The lowest BCUT2D eigenvalue weighted by atomic mass is 10.0. The number of nitrogens with zero attached hydrogens (tertiary/aromatic N) is 1. The Kier molecular flexibility index (Phi) is 5.70. The van der Waals surface area contributed by atoms with Gasteiger partial charge in [-0.2, -0.15) is 0 Å². The average molecular weight is 450 g/mol. The van der Waals surface area contributed by atoms with Crippen LogP contribution in [0.1, 0.15) is 10.4 Å². The highest BCUT2D eigenvalue weighted by molar-refractivity contribution is 6.05. The second-order valence-corrected chi connectivity index (χ2v) is 7.67. The van der Waals surface area contributed by atoms with Crippen LogP contribution in [-0.4, -0.2) is 25.1 Å². The summed E-state index contributed by atoms with van der Waals surface area (Å²) in [4.78, 5) is 17.4. The van der Waals surface area contributed by atoms with E-state index in [2.05, 4.69) is 22.4 Å². The Labute approximate surface area is 196 Å². The van der Waals surface area contributed by atoms with Crippen molar-refractivity contribution in [3.05, 3.63) is 96.6 Å². The Hall–Kier alpha value is -4.58. The van der Waals surface area contributed by atoms with E-state index in [1.54, 1.807) is 43.5 Å². The zero-order chi connectivity index (χ0) is 23.5. The number of carbonyl (C=O) groups excluding carboxylic acids is 1. The first-order chi connectivity index (χ1) is 16.6. The van der Waals surface area contributed by atoms with Crippen LogP contribution in [0, 0.1) is 0 Å². The average Bonchev–Trinajstić information content (AvgIpc) is 3.32. The molecular weight excluding hydrogens is 428 g/mol. The van der Waals surface area contributed by atoms with E-state index in [0.29, 0.717) is 39.7 Å². The summed E-state index contributed by atoms with van der Waals surface area (Å²) in [5.41, 5.74) is 5.54. The van der Waals surface area contributed by atoms with Crippen molar-refractivity contribution in [3.8, 4) is 34.1 Å². The number of oxazole rings is 1. The van der Waals surface area contributed by atoms with Gasteiger partial charge in [0, 0.05) is 16.8 Å². The van der Waals surface area contributed by atoms with Crippen molar-refractivity contribution in [3.63, 3.8) is 0 Å². The molecule has 0 saturated carbocycles. The number of methoxy groups -OCH3 is 2. The molecule has 168 valence electrons. The topological polar surface area (TPSA) is 73.6 Å². The van der Waals surface area contributed by atoms with Crippen molar-refractivity contribution in [2.24, 2.45) is 0 Å². The van der Waals surface area contributed by atoms with E-state index in [0.717, 1.165) is 16.7 Å². The SMILES string of the molecule is COc1ccc(C(=O)Nc2ccc3oc(-c4ccc(-c5ccccc5)cc4)nc3c2)cc1OC. The molecule has 0 fully saturated rings. The van der Waals surface area contributed by atoms with Gasteiger partial charge < -0.3 is 19.2 Å². The van der Waals surface area contributed by atoms with E-state index in [1.165, 1.54) is 7.11 Å². The normalized spacial score (nSPS) is 10.8. The van der Waals surface area contributed by atoms with Gasteiger partial charge in [0.1, 0.15) is 5.52 Å². The quantitative estimate of drug-likeness (QED) is 0.323. The minimum absolute atomic E-state index is 0.263. The zero-order valence-corrected chi connectivity index (χ0v) is 18.7. The lowest BCUT2D eigenvalue weighted by Gasteiger charge is -2.10. The lowest BCUT2D eigenvalue weighted by molar-refractivity contribution is 0.102. The Morgan fingerprint density at radius 3 is 2.21 bits per heavy atom. The Morgan fingerprint density at radius 2 is 1.47 bits per heavy atom. The highest BCUT2D eigenvalue weighted by Gasteiger charge is 2.13. The standard InChI is InChI=1S/C28H22N2O4/c1-32-25-14-12-21(16-26(25)33-2)27(31)29-22-13-15-24-23(17-22)30-28(34-24)20-10-8-19(9-11-20)18-6-4-3-5-7-18/h3-17H,1-2H3,(H,29,31). The number of benzene rings is 4. The maximum Gasteiger partial charge on any atom is 0.255 e. The molecule has 0 bridgehead atoms. The van der Waals surface area contributed by atoms with Crippen molar-refractivity contribution >= 4 is 22.7 Å². The summed E-state index contributed by atoms with van der Waals surface area (Å²) in [5, 5.41) is 2.90. The Morgan fingerprint density at radius 1 is 0.765 bits per heavy atom. The van der Waals surface area contributed by atoms with Crippen LogP contribution >= 0.6 is 0 Å². The fourth-order valence-electron chi connectivity index (χ4n) is 3.75. The molecule has 1 amide bonds. The summed E-state index contributed by atoms with van der Waals surface area (Å²) >= 11 is 0. The lowest BCUT2D eigenvalue weighted by Crippen LogP contribution is -2.12. The molecule has 0 aliphatic carbocycles. The Bertz CT molecular complexity index is 1460. The number of amides is 1. The smallest absolute Gasteiger partial charge is 0.255 e. The summed E-state index contributed by atoms with van der Waals surface area (Å²) in [6, 6.07) is 28.7. The molecule has 34 heavy (non-hydrogen) atoms. The van der Waals surface area contributed by atoms with Crippen LogP contribution in [0.3, 0.4) is 0 Å². The van der Waals surface area contributed by atoms with E-state index >= 15 is 0 Å². The molecule has 0 saturated heterocycles. The number of hydrogen-bond donors (Lipinski definition) is 1. The number of rotatable bonds is 6. The van der Waals surface area contributed by atoms with Crippen molar-refractivity contribution < 1.29 is 18.7 Å². The van der Waals surface area contributed by atoms with Gasteiger partial charge in [0.15, 0.2) is 17.1 Å². The molecule has 6 heteroatoms. The predicted octanol–water partition coefficient (Wildman–Crippen LogP) is 6.43. The van der Waals surface area contributed by atoms with E-state index in [9.17, 15) is 4.79 Å². The molecule has 4 aromatic carbocycles. The summed E-state index contributed by atoms with van der Waals surface area (Å²) in [6.45, 7) is 0. The van der Waals surface area contributed by atoms with Gasteiger partial charge in [-0.25, -0.2) is 4.98 Å². The van der Waals surface area contributed by atoms with Gasteiger partial charge in [-0.3, -0.25) is 4.79 Å². The van der Waals surface area contributed by atoms with Crippen LogP contribution in [0.2, 0.25) is 0 Å². The zero-order valence-electron chi connectivity index (χ0n) is 18.7. The fraction of sp³-hybridized carbons (Fsp3) is 0.0714. The number of hydrogen-bond acceptors (Lipinski definition) is 5. The minimum Gasteiger partial charge on any atom is -0.493 e. The maximum absolute atomic E-state index is 12.7. The molecule has 0 aliphatic heterocycles. The molecule has 5 rings (SSSR count). The van der Waals surface area contributed by atoms with E-state index < -0.39 is 0 Å². The Balaban J connectivity index is 1.36. The van der Waals surface area contributed by atoms with Gasteiger partial charge in [0.25, 0.3) is 5.91 Å². The third-order valence-corrected chi connectivity index (χ3v) is 5.53. The summed E-state index contributed by atoms with van der Waals surface area (Å²) in [6.07, 6.45) is 0. The van der Waals surface area contributed by atoms with Gasteiger partial charge in [-0.15, -0.1) is 0 Å². The molecular formula is C28H22N2O4. The first-order valence-corrected chi connectivity index (χ1v) is 10.7. The summed E-state index contributed by atoms with van der Waals surface area (Å²) in [7, 11) is 3.08. The summed E-state index contributed by atoms with van der Waals surface area (Å²) in [5.74, 6) is 1.32. The predicted molar refractivity (Wildman–Crippen MR) is 132 cm³/mol. The number of nitrogens with one attached hydrogen (secondary N) is 1. The molecule has 5 aromatic rings. The van der Waals surface area contributed by atoms with Crippen LogP contribution in [0.5, 0.6) is 11.5 Å². The number of anilines is 1. The van der Waals surface area contributed by atoms with E-state index in [4.69, 9.17) is 13.9 Å². The monoisotopic (exact) mass is 450 g/mol. The van der Waals surface area contributed by atoms with E-state index in [-0.39, 0.29) is 5.91 Å². The van der Waals surface area contributed by atoms with Crippen molar-refractivity contribution in [2.45, 2.75) is 0 Å². The molecule has 0 atom stereocenters. The number of aromatic nitrogens is 1. The van der Waals surface area contributed by atoms with Crippen LogP contribution in [0.15, 0.2) is 95.4 Å². The molecule has 0 unspecified atom stereocenters. The number of ether oxygens (including phenoxy) is 2. The van der Waals surface area contributed by atoms with Gasteiger partial charge in [0.2, 0.25) is 5.89 Å². The van der Waals surface area contributed by atoms with Crippen LogP contribution in [-0.2, 0) is 0 Å². The van der Waals surface area contributed by atoms with Gasteiger partial charge in [-0.1, -0.05) is 42.5 Å². The number of fused-ring (bicyclic) bond motifs is 1. The second-order valence-electron chi connectivity index (χ2n) is 7.67. The van der Waals surface area contributed by atoms with Gasteiger partial charge >= 0.3 is 0 Å². The van der Waals surface area contributed by atoms with Crippen molar-refractivity contribution in [1.82, 2.24) is 4.98 Å². The highest BCUT2D eigenvalue weighted by Crippen LogP contribution is 2.30. The largest absolute Gasteiger partial charge is 0.493 e. The second kappa shape index (κ2) is 9.11. The summed E-state index contributed by atoms with van der Waals surface area (Å²) < 4.78 is 16.5. The van der Waals surface area contributed by atoms with E-state index in [1.807, 2.05) is 42.5 Å². The molecule has 0 radical (unpaired) electrons. The van der Waals surface area contributed by atoms with Crippen molar-refractivity contribution in [2.75, 3.05) is 19.5 Å². The molecule has 1 aromatic heterocycles. The third-order valence-electron chi connectivity index (χ3n) is 5.53. The first kappa shape index (κ1) is 21.3. The molecule has 6 nitrogen and oxygen atoms in total. The fourth-order valence-corrected chi connectivity index (χ4v) is 3.75. The molecule has 1 heterocycles.